The maximum atomic E-state index is 9.00. The second-order valence-electron chi connectivity index (χ2n) is 4.25. The van der Waals surface area contributed by atoms with E-state index in [1.165, 1.54) is 0 Å². The highest BCUT2D eigenvalue weighted by Crippen LogP contribution is 2.16. The number of nitrogens with zero attached hydrogens (tertiary/aromatic N) is 2. The van der Waals surface area contributed by atoms with Crippen LogP contribution in [0.2, 0.25) is 0 Å². The largest absolute Gasteiger partial charge is 0.395 e. The van der Waals surface area contributed by atoms with E-state index >= 15 is 0 Å². The standard InChI is InChI=1S/C12H21N3O/c1-9(2)15(6-7-16)12-5-4-11(8-14-12)10(3)13/h4-5,8-10,16H,6-7,13H2,1-3H3. The van der Waals surface area contributed by atoms with Crippen molar-refractivity contribution in [1.29, 1.82) is 0 Å². The van der Waals surface area contributed by atoms with Crippen molar-refractivity contribution in [2.75, 3.05) is 18.1 Å². The smallest absolute Gasteiger partial charge is 0.128 e. The first-order valence-electron chi connectivity index (χ1n) is 5.65. The van der Waals surface area contributed by atoms with Crippen LogP contribution in [0.1, 0.15) is 32.4 Å². The molecule has 16 heavy (non-hydrogen) atoms. The maximum absolute atomic E-state index is 9.00. The van der Waals surface area contributed by atoms with Gasteiger partial charge in [-0.05, 0) is 32.4 Å². The minimum atomic E-state index is 0.00638. The third kappa shape index (κ3) is 3.18. The van der Waals surface area contributed by atoms with Crippen LogP contribution in [0.5, 0.6) is 0 Å². The topological polar surface area (TPSA) is 62.4 Å². The van der Waals surface area contributed by atoms with Crippen molar-refractivity contribution in [3.63, 3.8) is 0 Å². The highest BCUT2D eigenvalue weighted by molar-refractivity contribution is 5.40. The molecule has 0 fully saturated rings. The lowest BCUT2D eigenvalue weighted by Gasteiger charge is -2.27. The number of pyridine rings is 1. The molecule has 0 bridgehead atoms. The number of aromatic nitrogens is 1. The first-order chi connectivity index (χ1) is 7.56. The highest BCUT2D eigenvalue weighted by Gasteiger charge is 2.11. The average Bonchev–Trinajstić information content (AvgIpc) is 2.25. The van der Waals surface area contributed by atoms with E-state index in [1.54, 1.807) is 6.20 Å². The van der Waals surface area contributed by atoms with E-state index in [0.717, 1.165) is 11.4 Å². The van der Waals surface area contributed by atoms with Gasteiger partial charge in [0.2, 0.25) is 0 Å². The SMILES string of the molecule is CC(N)c1ccc(N(CCO)C(C)C)nc1. The summed E-state index contributed by atoms with van der Waals surface area (Å²) < 4.78 is 0. The molecule has 0 aromatic carbocycles. The number of anilines is 1. The van der Waals surface area contributed by atoms with Gasteiger partial charge in [-0.15, -0.1) is 0 Å². The molecule has 1 atom stereocenters. The van der Waals surface area contributed by atoms with Crippen LogP contribution >= 0.6 is 0 Å². The average molecular weight is 223 g/mol. The summed E-state index contributed by atoms with van der Waals surface area (Å²) in [6.45, 7) is 6.83. The fourth-order valence-electron chi connectivity index (χ4n) is 1.58. The lowest BCUT2D eigenvalue weighted by Crippen LogP contribution is -2.34. The molecule has 1 aromatic rings. The summed E-state index contributed by atoms with van der Waals surface area (Å²) in [7, 11) is 0. The Morgan fingerprint density at radius 1 is 1.38 bits per heavy atom. The molecule has 90 valence electrons. The Morgan fingerprint density at radius 3 is 2.44 bits per heavy atom. The molecule has 0 amide bonds. The summed E-state index contributed by atoms with van der Waals surface area (Å²) in [5.41, 5.74) is 6.79. The van der Waals surface area contributed by atoms with E-state index in [1.807, 2.05) is 19.1 Å². The Hall–Kier alpha value is -1.13. The van der Waals surface area contributed by atoms with Crippen LogP contribution in [0.4, 0.5) is 5.82 Å². The van der Waals surface area contributed by atoms with E-state index in [-0.39, 0.29) is 12.6 Å². The number of aliphatic hydroxyl groups is 1. The fourth-order valence-corrected chi connectivity index (χ4v) is 1.58. The van der Waals surface area contributed by atoms with Crippen molar-refractivity contribution >= 4 is 5.82 Å². The molecule has 1 rings (SSSR count). The molecule has 3 N–H and O–H groups in total. The van der Waals surface area contributed by atoms with Gasteiger partial charge in [0.15, 0.2) is 0 Å². The molecule has 0 aliphatic heterocycles. The van der Waals surface area contributed by atoms with Gasteiger partial charge in [0, 0.05) is 24.8 Å². The summed E-state index contributed by atoms with van der Waals surface area (Å²) in [6.07, 6.45) is 1.80. The van der Waals surface area contributed by atoms with Crippen molar-refractivity contribution in [3.05, 3.63) is 23.9 Å². The zero-order valence-electron chi connectivity index (χ0n) is 10.2. The van der Waals surface area contributed by atoms with Crippen LogP contribution in [-0.2, 0) is 0 Å². The second kappa shape index (κ2) is 5.82. The van der Waals surface area contributed by atoms with Crippen LogP contribution in [0.3, 0.4) is 0 Å². The molecule has 4 heteroatoms. The number of rotatable bonds is 5. The van der Waals surface area contributed by atoms with Crippen LogP contribution in [0.15, 0.2) is 18.3 Å². The number of hydrogen-bond acceptors (Lipinski definition) is 4. The van der Waals surface area contributed by atoms with Crippen molar-refractivity contribution in [2.45, 2.75) is 32.9 Å². The first kappa shape index (κ1) is 12.9. The van der Waals surface area contributed by atoms with Gasteiger partial charge in [0.05, 0.1) is 6.61 Å². The predicted molar refractivity (Wildman–Crippen MR) is 66.4 cm³/mol. The molecular formula is C12H21N3O. The predicted octanol–water partition coefficient (Wildman–Crippen LogP) is 1.31. The lowest BCUT2D eigenvalue weighted by molar-refractivity contribution is 0.298. The molecule has 0 radical (unpaired) electrons. The second-order valence-corrected chi connectivity index (χ2v) is 4.25. The molecule has 0 saturated carbocycles. The normalized spacial score (nSPS) is 12.9. The van der Waals surface area contributed by atoms with E-state index in [2.05, 4.69) is 23.7 Å². The van der Waals surface area contributed by atoms with Crippen LogP contribution in [0.25, 0.3) is 0 Å². The zero-order valence-corrected chi connectivity index (χ0v) is 10.2. The van der Waals surface area contributed by atoms with Gasteiger partial charge in [-0.1, -0.05) is 6.07 Å². The molecule has 4 nitrogen and oxygen atoms in total. The number of hydrogen-bond donors (Lipinski definition) is 2. The van der Waals surface area contributed by atoms with Crippen molar-refractivity contribution < 1.29 is 5.11 Å². The Balaban J connectivity index is 2.85. The molecule has 1 unspecified atom stereocenters. The monoisotopic (exact) mass is 223 g/mol. The summed E-state index contributed by atoms with van der Waals surface area (Å²) in [5.74, 6) is 0.883. The van der Waals surface area contributed by atoms with Crippen LogP contribution in [0, 0.1) is 0 Å². The van der Waals surface area contributed by atoms with Crippen LogP contribution < -0.4 is 10.6 Å². The molecule has 0 saturated heterocycles. The number of nitrogens with two attached hydrogens (primary N) is 1. The highest BCUT2D eigenvalue weighted by atomic mass is 16.3. The molecule has 1 heterocycles. The Morgan fingerprint density at radius 2 is 2.06 bits per heavy atom. The van der Waals surface area contributed by atoms with Gasteiger partial charge in [0.25, 0.3) is 0 Å². The van der Waals surface area contributed by atoms with Crippen molar-refractivity contribution in [1.82, 2.24) is 4.98 Å². The summed E-state index contributed by atoms with van der Waals surface area (Å²) >= 11 is 0. The van der Waals surface area contributed by atoms with E-state index < -0.39 is 0 Å². The first-order valence-corrected chi connectivity index (χ1v) is 5.65. The van der Waals surface area contributed by atoms with Gasteiger partial charge < -0.3 is 15.7 Å². The third-order valence-corrected chi connectivity index (χ3v) is 2.56. The molecular weight excluding hydrogens is 202 g/mol. The van der Waals surface area contributed by atoms with Crippen molar-refractivity contribution in [2.24, 2.45) is 5.73 Å². The Kier molecular flexibility index (Phi) is 4.71. The maximum Gasteiger partial charge on any atom is 0.128 e. The summed E-state index contributed by atoms with van der Waals surface area (Å²) in [6, 6.07) is 4.27. The van der Waals surface area contributed by atoms with Gasteiger partial charge in [-0.25, -0.2) is 4.98 Å². The number of aliphatic hydroxyl groups excluding tert-OH is 1. The van der Waals surface area contributed by atoms with E-state index in [0.29, 0.717) is 12.6 Å². The minimum absolute atomic E-state index is 0.00638. The van der Waals surface area contributed by atoms with Gasteiger partial charge in [-0.2, -0.15) is 0 Å². The lowest BCUT2D eigenvalue weighted by atomic mass is 10.1. The molecule has 0 aliphatic carbocycles. The van der Waals surface area contributed by atoms with Crippen LogP contribution in [-0.4, -0.2) is 29.3 Å². The van der Waals surface area contributed by atoms with Gasteiger partial charge in [0.1, 0.15) is 5.82 Å². The Bertz CT molecular complexity index is 309. The molecule has 0 aliphatic rings. The Labute approximate surface area is 97.1 Å². The fraction of sp³-hybridized carbons (Fsp3) is 0.583. The third-order valence-electron chi connectivity index (χ3n) is 2.56. The zero-order chi connectivity index (χ0) is 12.1. The quantitative estimate of drug-likeness (QED) is 0.790. The minimum Gasteiger partial charge on any atom is -0.395 e. The van der Waals surface area contributed by atoms with E-state index in [9.17, 15) is 0 Å². The molecule has 1 aromatic heterocycles. The van der Waals surface area contributed by atoms with Gasteiger partial charge in [-0.3, -0.25) is 0 Å². The summed E-state index contributed by atoms with van der Waals surface area (Å²) in [5, 5.41) is 9.00. The van der Waals surface area contributed by atoms with E-state index in [4.69, 9.17) is 10.8 Å². The molecule has 0 spiro atoms. The van der Waals surface area contributed by atoms with Crippen molar-refractivity contribution in [3.8, 4) is 0 Å². The summed E-state index contributed by atoms with van der Waals surface area (Å²) in [4.78, 5) is 6.44. The van der Waals surface area contributed by atoms with Gasteiger partial charge >= 0.3 is 0 Å².